The van der Waals surface area contributed by atoms with Crippen molar-refractivity contribution in [1.29, 1.82) is 0 Å². The highest BCUT2D eigenvalue weighted by molar-refractivity contribution is 7.98. The zero-order valence-corrected chi connectivity index (χ0v) is 18.0. The molecule has 5 nitrogen and oxygen atoms in total. The molecule has 2 aromatic rings. The average molecular weight is 430 g/mol. The van der Waals surface area contributed by atoms with Gasteiger partial charge < -0.3 is 15.5 Å². The molecule has 0 saturated carbocycles. The summed E-state index contributed by atoms with van der Waals surface area (Å²) in [5.74, 6) is -0.105. The first-order valence-electron chi connectivity index (χ1n) is 10.2. The van der Waals surface area contributed by atoms with Gasteiger partial charge in [0.05, 0.1) is 0 Å². The van der Waals surface area contributed by atoms with Crippen molar-refractivity contribution in [1.82, 2.24) is 10.2 Å². The lowest BCUT2D eigenvalue weighted by Gasteiger charge is -2.32. The summed E-state index contributed by atoms with van der Waals surface area (Å²) >= 11 is 1.66. The summed E-state index contributed by atoms with van der Waals surface area (Å²) in [6.07, 6.45) is 5.05. The van der Waals surface area contributed by atoms with Gasteiger partial charge in [-0.2, -0.15) is 0 Å². The molecular weight excluding hydrogens is 401 g/mol. The quantitative estimate of drug-likeness (QED) is 0.616. The summed E-state index contributed by atoms with van der Waals surface area (Å²) < 4.78 is 13.6. The van der Waals surface area contributed by atoms with Crippen LogP contribution < -0.4 is 10.6 Å². The number of thioether (sulfide) groups is 1. The van der Waals surface area contributed by atoms with Crippen LogP contribution in [-0.2, 0) is 11.3 Å². The first-order valence-corrected chi connectivity index (χ1v) is 11.5. The van der Waals surface area contributed by atoms with Crippen LogP contribution in [0.25, 0.3) is 0 Å². The van der Waals surface area contributed by atoms with Crippen molar-refractivity contribution in [2.24, 2.45) is 5.92 Å². The van der Waals surface area contributed by atoms with E-state index in [4.69, 9.17) is 0 Å². The standard InChI is InChI=1S/C23H28FN3O2S/c1-30-20-11-9-19(10-12-20)26-23(29)27-14-4-5-17(16-27)8-13-22(28)25-15-18-6-2-3-7-21(18)24/h2-3,6-7,9-12,17H,4-5,8,13-16H2,1H3,(H,25,28)(H,26,29). The molecule has 1 saturated heterocycles. The van der Waals surface area contributed by atoms with E-state index in [0.717, 1.165) is 36.4 Å². The van der Waals surface area contributed by atoms with Gasteiger partial charge >= 0.3 is 6.03 Å². The Morgan fingerprint density at radius 1 is 1.17 bits per heavy atom. The molecule has 0 spiro atoms. The van der Waals surface area contributed by atoms with Crippen LogP contribution in [0.1, 0.15) is 31.2 Å². The van der Waals surface area contributed by atoms with Gasteiger partial charge in [0, 0.05) is 42.2 Å². The van der Waals surface area contributed by atoms with E-state index in [1.165, 1.54) is 6.07 Å². The highest BCUT2D eigenvalue weighted by atomic mass is 32.2. The molecule has 2 N–H and O–H groups in total. The SMILES string of the molecule is CSc1ccc(NC(=O)N2CCCC(CCC(=O)NCc3ccccc3F)C2)cc1. The summed E-state index contributed by atoms with van der Waals surface area (Å²) in [6.45, 7) is 1.57. The Kier molecular flexibility index (Phi) is 8.13. The number of carbonyl (C=O) groups is 2. The van der Waals surface area contributed by atoms with Gasteiger partial charge in [0.15, 0.2) is 0 Å². The van der Waals surface area contributed by atoms with E-state index in [9.17, 15) is 14.0 Å². The Morgan fingerprint density at radius 3 is 2.67 bits per heavy atom. The molecule has 3 amide bonds. The van der Waals surface area contributed by atoms with E-state index in [2.05, 4.69) is 10.6 Å². The minimum atomic E-state index is -0.310. The van der Waals surface area contributed by atoms with E-state index in [0.29, 0.717) is 24.4 Å². The number of benzene rings is 2. The molecule has 30 heavy (non-hydrogen) atoms. The van der Waals surface area contributed by atoms with Gasteiger partial charge in [-0.15, -0.1) is 11.8 Å². The second kappa shape index (κ2) is 11.0. The van der Waals surface area contributed by atoms with Crippen molar-refractivity contribution >= 4 is 29.4 Å². The number of hydrogen-bond donors (Lipinski definition) is 2. The molecule has 7 heteroatoms. The minimum absolute atomic E-state index is 0.0892. The van der Waals surface area contributed by atoms with Crippen LogP contribution >= 0.6 is 11.8 Å². The summed E-state index contributed by atoms with van der Waals surface area (Å²) in [7, 11) is 0. The molecule has 1 heterocycles. The molecule has 0 bridgehead atoms. The summed E-state index contributed by atoms with van der Waals surface area (Å²) in [6, 6.07) is 14.1. The molecule has 0 radical (unpaired) electrons. The first-order chi connectivity index (χ1) is 14.5. The normalized spacial score (nSPS) is 16.2. The van der Waals surface area contributed by atoms with E-state index < -0.39 is 0 Å². The van der Waals surface area contributed by atoms with Gasteiger partial charge in [-0.3, -0.25) is 4.79 Å². The molecular formula is C23H28FN3O2S. The highest BCUT2D eigenvalue weighted by Gasteiger charge is 2.24. The maximum absolute atomic E-state index is 13.6. The Balaban J connectivity index is 1.42. The average Bonchev–Trinajstić information content (AvgIpc) is 2.78. The van der Waals surface area contributed by atoms with Gasteiger partial charge in [-0.25, -0.2) is 9.18 Å². The van der Waals surface area contributed by atoms with Crippen LogP contribution in [0.3, 0.4) is 0 Å². The van der Waals surface area contributed by atoms with E-state index >= 15 is 0 Å². The third-order valence-corrected chi connectivity index (χ3v) is 6.10. The number of halogens is 1. The maximum Gasteiger partial charge on any atom is 0.321 e. The van der Waals surface area contributed by atoms with E-state index in [1.54, 1.807) is 30.0 Å². The second-order valence-electron chi connectivity index (χ2n) is 7.52. The van der Waals surface area contributed by atoms with Gasteiger partial charge in [0.1, 0.15) is 5.82 Å². The lowest BCUT2D eigenvalue weighted by Crippen LogP contribution is -2.42. The van der Waals surface area contributed by atoms with E-state index in [1.807, 2.05) is 35.4 Å². The number of piperidine rings is 1. The van der Waals surface area contributed by atoms with Crippen LogP contribution in [0.15, 0.2) is 53.4 Å². The number of nitrogens with zero attached hydrogens (tertiary/aromatic N) is 1. The third kappa shape index (κ3) is 6.49. The lowest BCUT2D eigenvalue weighted by atomic mass is 9.93. The van der Waals surface area contributed by atoms with Crippen molar-refractivity contribution in [3.8, 4) is 0 Å². The monoisotopic (exact) mass is 429 g/mol. The lowest BCUT2D eigenvalue weighted by molar-refractivity contribution is -0.121. The Hall–Kier alpha value is -2.54. The largest absolute Gasteiger partial charge is 0.352 e. The van der Waals surface area contributed by atoms with Crippen molar-refractivity contribution in [3.05, 3.63) is 59.9 Å². The predicted molar refractivity (Wildman–Crippen MR) is 119 cm³/mol. The summed E-state index contributed by atoms with van der Waals surface area (Å²) in [4.78, 5) is 27.7. The minimum Gasteiger partial charge on any atom is -0.352 e. The fraction of sp³-hybridized carbons (Fsp3) is 0.391. The molecule has 1 atom stereocenters. The number of carbonyl (C=O) groups excluding carboxylic acids is 2. The third-order valence-electron chi connectivity index (χ3n) is 5.36. The number of nitrogens with one attached hydrogen (secondary N) is 2. The van der Waals surface area contributed by atoms with Gasteiger partial charge in [-0.05, 0) is 61.8 Å². The van der Waals surface area contributed by atoms with Crippen LogP contribution in [0, 0.1) is 11.7 Å². The summed E-state index contributed by atoms with van der Waals surface area (Å²) in [5.41, 5.74) is 1.27. The smallest absolute Gasteiger partial charge is 0.321 e. The zero-order valence-electron chi connectivity index (χ0n) is 17.2. The second-order valence-corrected chi connectivity index (χ2v) is 8.40. The predicted octanol–water partition coefficient (Wildman–Crippen LogP) is 4.89. The number of hydrogen-bond acceptors (Lipinski definition) is 3. The van der Waals surface area contributed by atoms with Crippen molar-refractivity contribution in [2.75, 3.05) is 24.7 Å². The number of amides is 3. The van der Waals surface area contributed by atoms with Crippen LogP contribution in [0.2, 0.25) is 0 Å². The molecule has 1 fully saturated rings. The van der Waals surface area contributed by atoms with Gasteiger partial charge in [-0.1, -0.05) is 18.2 Å². The molecule has 1 aliphatic heterocycles. The molecule has 0 aliphatic carbocycles. The fourth-order valence-corrected chi connectivity index (χ4v) is 4.03. The van der Waals surface area contributed by atoms with Crippen molar-refractivity contribution in [3.63, 3.8) is 0 Å². The number of anilines is 1. The fourth-order valence-electron chi connectivity index (χ4n) is 3.62. The number of urea groups is 1. The number of rotatable bonds is 7. The molecule has 0 aromatic heterocycles. The Labute approximate surface area is 181 Å². The van der Waals surface area contributed by atoms with Gasteiger partial charge in [0.25, 0.3) is 0 Å². The molecule has 2 aromatic carbocycles. The van der Waals surface area contributed by atoms with Gasteiger partial charge in [0.2, 0.25) is 5.91 Å². The summed E-state index contributed by atoms with van der Waals surface area (Å²) in [5, 5.41) is 5.74. The highest BCUT2D eigenvalue weighted by Crippen LogP contribution is 2.23. The zero-order chi connectivity index (χ0) is 21.3. The van der Waals surface area contributed by atoms with Crippen LogP contribution in [-0.4, -0.2) is 36.2 Å². The molecule has 1 unspecified atom stereocenters. The van der Waals surface area contributed by atoms with Crippen molar-refractivity contribution < 1.29 is 14.0 Å². The first kappa shape index (κ1) is 22.2. The van der Waals surface area contributed by atoms with Crippen LogP contribution in [0.4, 0.5) is 14.9 Å². The van der Waals surface area contributed by atoms with E-state index in [-0.39, 0.29) is 24.3 Å². The van der Waals surface area contributed by atoms with Crippen molar-refractivity contribution in [2.45, 2.75) is 37.1 Å². The Morgan fingerprint density at radius 2 is 1.93 bits per heavy atom. The molecule has 1 aliphatic rings. The maximum atomic E-state index is 13.6. The van der Waals surface area contributed by atoms with Crippen LogP contribution in [0.5, 0.6) is 0 Å². The topological polar surface area (TPSA) is 61.4 Å². The number of likely N-dealkylation sites (tertiary alicyclic amines) is 1. The molecule has 3 rings (SSSR count). The molecule has 160 valence electrons. The Bertz CT molecular complexity index is 860.